The molecule has 0 saturated heterocycles. The molecule has 0 bridgehead atoms. The Bertz CT molecular complexity index is 663. The van der Waals surface area contributed by atoms with Crippen LogP contribution in [0.4, 0.5) is 0 Å². The molecule has 1 saturated carbocycles. The lowest BCUT2D eigenvalue weighted by molar-refractivity contribution is -0.247. The zero-order chi connectivity index (χ0) is 16.9. The van der Waals surface area contributed by atoms with E-state index < -0.39 is 5.97 Å². The first kappa shape index (κ1) is 16.7. The average molecular weight is 323 g/mol. The lowest BCUT2D eigenvalue weighted by Gasteiger charge is -2.29. The highest BCUT2D eigenvalue weighted by Gasteiger charge is 2.29. The summed E-state index contributed by atoms with van der Waals surface area (Å²) >= 11 is 0. The fourth-order valence-electron chi connectivity index (χ4n) is 3.18. The third-order valence-electron chi connectivity index (χ3n) is 4.64. The minimum Gasteiger partial charge on any atom is -0.292 e. The number of rotatable bonds is 4. The summed E-state index contributed by atoms with van der Waals surface area (Å²) in [6.45, 7) is 4.36. The van der Waals surface area contributed by atoms with Crippen LogP contribution >= 0.6 is 0 Å². The molecule has 2 aromatic carbocycles. The number of hydrogen-bond acceptors (Lipinski definition) is 3. The zero-order valence-corrected chi connectivity index (χ0v) is 14.2. The van der Waals surface area contributed by atoms with Gasteiger partial charge in [-0.15, -0.1) is 0 Å². The predicted octanol–water partition coefficient (Wildman–Crippen LogP) is 5.43. The number of carbonyl (C=O) groups excluding carboxylic acids is 1. The molecule has 24 heavy (non-hydrogen) atoms. The van der Waals surface area contributed by atoms with E-state index in [0.29, 0.717) is 17.4 Å². The molecule has 1 radical (unpaired) electrons. The van der Waals surface area contributed by atoms with Crippen LogP contribution in [0.5, 0.6) is 0 Å². The van der Waals surface area contributed by atoms with Crippen LogP contribution < -0.4 is 0 Å². The van der Waals surface area contributed by atoms with Gasteiger partial charge in [0.1, 0.15) is 0 Å². The Kier molecular flexibility index (Phi) is 5.31. The predicted molar refractivity (Wildman–Crippen MR) is 93.8 cm³/mol. The Hall–Kier alpha value is -2.13. The molecule has 0 spiro atoms. The van der Waals surface area contributed by atoms with Gasteiger partial charge in [0.15, 0.2) is 6.10 Å². The highest BCUT2D eigenvalue weighted by atomic mass is 17.2. The van der Waals surface area contributed by atoms with Crippen molar-refractivity contribution in [1.82, 2.24) is 0 Å². The summed E-state index contributed by atoms with van der Waals surface area (Å²) in [5.41, 5.74) is 2.68. The second-order valence-electron chi connectivity index (χ2n) is 6.64. The summed E-state index contributed by atoms with van der Waals surface area (Å²) in [6.07, 6.45) is 3.91. The minimum atomic E-state index is -0.451. The van der Waals surface area contributed by atoms with E-state index >= 15 is 0 Å². The second-order valence-corrected chi connectivity index (χ2v) is 6.64. The van der Waals surface area contributed by atoms with Gasteiger partial charge in [0.05, 0.1) is 5.56 Å². The summed E-state index contributed by atoms with van der Waals surface area (Å²) in [5.74, 6) is 0.587. The quantitative estimate of drug-likeness (QED) is 0.556. The monoisotopic (exact) mass is 323 g/mol. The van der Waals surface area contributed by atoms with Crippen molar-refractivity contribution in [2.45, 2.75) is 33.1 Å². The maximum absolute atomic E-state index is 12.1. The molecular formula is C21H23O3. The van der Waals surface area contributed by atoms with Crippen LogP contribution in [0.2, 0.25) is 0 Å². The molecule has 2 atom stereocenters. The Labute approximate surface area is 143 Å². The molecule has 0 aliphatic heterocycles. The van der Waals surface area contributed by atoms with E-state index in [1.54, 1.807) is 12.1 Å². The molecule has 3 heteroatoms. The summed E-state index contributed by atoms with van der Waals surface area (Å²) in [4.78, 5) is 22.5. The van der Waals surface area contributed by atoms with Crippen molar-refractivity contribution in [2.24, 2.45) is 11.8 Å². The maximum atomic E-state index is 12.1. The standard InChI is InChI=1S/C21H23O3/c1-15-8-13-20(16(2)14-15)23-24-21(22)19-11-9-18(10-12-19)17-6-4-3-5-7-17/h3-7,9-12,15-16H,8,13-14H2,1-2H3. The first-order valence-corrected chi connectivity index (χ1v) is 8.53. The van der Waals surface area contributed by atoms with Gasteiger partial charge in [-0.1, -0.05) is 56.3 Å². The SMILES string of the molecule is CC1CC[C](OOC(=O)c2ccc(-c3ccccc3)cc2)C(C)C1. The summed E-state index contributed by atoms with van der Waals surface area (Å²) in [6, 6.07) is 17.4. The van der Waals surface area contributed by atoms with Crippen molar-refractivity contribution in [3.8, 4) is 11.1 Å². The molecule has 2 aromatic rings. The fraction of sp³-hybridized carbons (Fsp3) is 0.333. The van der Waals surface area contributed by atoms with Gasteiger partial charge in [-0.2, -0.15) is 4.89 Å². The second kappa shape index (κ2) is 7.63. The summed E-state index contributed by atoms with van der Waals surface area (Å²) < 4.78 is 0. The third-order valence-corrected chi connectivity index (χ3v) is 4.64. The lowest BCUT2D eigenvalue weighted by Crippen LogP contribution is -2.23. The van der Waals surface area contributed by atoms with Gasteiger partial charge in [0.25, 0.3) is 0 Å². The van der Waals surface area contributed by atoms with Gasteiger partial charge in [-0.25, -0.2) is 4.79 Å². The van der Waals surface area contributed by atoms with Crippen LogP contribution in [0.1, 0.15) is 43.5 Å². The van der Waals surface area contributed by atoms with Crippen molar-refractivity contribution >= 4 is 5.97 Å². The molecule has 3 nitrogen and oxygen atoms in total. The van der Waals surface area contributed by atoms with Crippen molar-refractivity contribution in [3.63, 3.8) is 0 Å². The summed E-state index contributed by atoms with van der Waals surface area (Å²) in [5, 5.41) is 0. The molecule has 3 rings (SSSR count). The van der Waals surface area contributed by atoms with Crippen LogP contribution in [0, 0.1) is 17.9 Å². The summed E-state index contributed by atoms with van der Waals surface area (Å²) in [7, 11) is 0. The van der Waals surface area contributed by atoms with Crippen LogP contribution in [0.15, 0.2) is 54.6 Å². The Morgan fingerprint density at radius 1 is 0.958 bits per heavy atom. The molecule has 1 fully saturated rings. The first-order chi connectivity index (χ1) is 11.6. The van der Waals surface area contributed by atoms with Gasteiger partial charge in [0, 0.05) is 0 Å². The van der Waals surface area contributed by atoms with Gasteiger partial charge in [-0.3, -0.25) is 4.89 Å². The van der Waals surface area contributed by atoms with Crippen LogP contribution in [0.25, 0.3) is 11.1 Å². The normalized spacial score (nSPS) is 21.4. The van der Waals surface area contributed by atoms with E-state index in [9.17, 15) is 4.79 Å². The topological polar surface area (TPSA) is 35.5 Å². The van der Waals surface area contributed by atoms with E-state index in [4.69, 9.17) is 9.78 Å². The average Bonchev–Trinajstić information content (AvgIpc) is 2.62. The molecule has 1 aliphatic carbocycles. The lowest BCUT2D eigenvalue weighted by atomic mass is 9.81. The zero-order valence-electron chi connectivity index (χ0n) is 14.2. The van der Waals surface area contributed by atoms with E-state index in [1.165, 1.54) is 0 Å². The highest BCUT2D eigenvalue weighted by Crippen LogP contribution is 2.35. The molecule has 0 aromatic heterocycles. The van der Waals surface area contributed by atoms with Gasteiger partial charge in [0.2, 0.25) is 0 Å². The maximum Gasteiger partial charge on any atom is 0.373 e. The van der Waals surface area contributed by atoms with Crippen LogP contribution in [-0.2, 0) is 9.78 Å². The number of benzene rings is 2. The van der Waals surface area contributed by atoms with Crippen molar-refractivity contribution in [2.75, 3.05) is 0 Å². The number of carbonyl (C=O) groups is 1. The smallest absolute Gasteiger partial charge is 0.292 e. The Balaban J connectivity index is 1.57. The van der Waals surface area contributed by atoms with Crippen LogP contribution in [-0.4, -0.2) is 5.97 Å². The molecule has 0 amide bonds. The molecule has 2 unspecified atom stereocenters. The molecule has 125 valence electrons. The van der Waals surface area contributed by atoms with Gasteiger partial charge in [-0.05, 0) is 54.4 Å². The van der Waals surface area contributed by atoms with Gasteiger partial charge < -0.3 is 0 Å². The van der Waals surface area contributed by atoms with E-state index in [-0.39, 0.29) is 0 Å². The third kappa shape index (κ3) is 4.04. The van der Waals surface area contributed by atoms with Crippen LogP contribution in [0.3, 0.4) is 0 Å². The Morgan fingerprint density at radius 3 is 2.29 bits per heavy atom. The first-order valence-electron chi connectivity index (χ1n) is 8.53. The van der Waals surface area contributed by atoms with Crippen molar-refractivity contribution in [3.05, 3.63) is 66.3 Å². The Morgan fingerprint density at radius 2 is 1.62 bits per heavy atom. The number of hydrogen-bond donors (Lipinski definition) is 0. The van der Waals surface area contributed by atoms with Crippen molar-refractivity contribution in [1.29, 1.82) is 0 Å². The van der Waals surface area contributed by atoms with E-state index in [2.05, 4.69) is 13.8 Å². The van der Waals surface area contributed by atoms with E-state index in [1.807, 2.05) is 42.5 Å². The van der Waals surface area contributed by atoms with Gasteiger partial charge >= 0.3 is 5.97 Å². The molecule has 1 aliphatic rings. The fourth-order valence-corrected chi connectivity index (χ4v) is 3.18. The largest absolute Gasteiger partial charge is 0.373 e. The van der Waals surface area contributed by atoms with E-state index in [0.717, 1.165) is 36.5 Å². The minimum absolute atomic E-state index is 0.335. The van der Waals surface area contributed by atoms with Crippen molar-refractivity contribution < 1.29 is 14.6 Å². The highest BCUT2D eigenvalue weighted by molar-refractivity contribution is 5.89. The molecular weight excluding hydrogens is 300 g/mol. The molecule has 0 heterocycles. The molecule has 0 N–H and O–H groups in total.